The molecule has 0 aliphatic rings. The molecule has 0 saturated heterocycles. The van der Waals surface area contributed by atoms with Gasteiger partial charge in [0.05, 0.1) is 0 Å². The third-order valence-electron chi connectivity index (χ3n) is 3.44. The average Bonchev–Trinajstić information content (AvgIpc) is 2.57. The standard InChI is InChI=1S/C19H18N2.2ClH/c1-2-6-18(7-3-1)19-10-8-16(9-11-19)13-21-15-17-5-4-12-20-14-17;;/h1-12,14,21H,13,15H2;2*1H. The van der Waals surface area contributed by atoms with Crippen LogP contribution in [-0.2, 0) is 13.1 Å². The number of rotatable bonds is 5. The van der Waals surface area contributed by atoms with Crippen LogP contribution in [-0.4, -0.2) is 4.98 Å². The summed E-state index contributed by atoms with van der Waals surface area (Å²) in [5.74, 6) is 0. The van der Waals surface area contributed by atoms with Gasteiger partial charge in [0.2, 0.25) is 0 Å². The van der Waals surface area contributed by atoms with E-state index in [1.54, 1.807) is 6.20 Å². The smallest absolute Gasteiger partial charge is 0.0312 e. The van der Waals surface area contributed by atoms with Gasteiger partial charge in [-0.05, 0) is 28.3 Å². The van der Waals surface area contributed by atoms with Crippen molar-refractivity contribution in [3.05, 3.63) is 90.3 Å². The SMILES string of the molecule is Cl.Cl.c1ccc(-c2ccc(CNCc3cccnc3)cc2)cc1. The van der Waals surface area contributed by atoms with E-state index in [2.05, 4.69) is 64.9 Å². The van der Waals surface area contributed by atoms with Crippen LogP contribution in [0, 0.1) is 0 Å². The van der Waals surface area contributed by atoms with E-state index in [1.165, 1.54) is 22.3 Å². The zero-order chi connectivity index (χ0) is 14.3. The second-order valence-electron chi connectivity index (χ2n) is 5.03. The molecule has 0 aliphatic heterocycles. The maximum Gasteiger partial charge on any atom is 0.0312 e. The van der Waals surface area contributed by atoms with Crippen molar-refractivity contribution in [3.8, 4) is 11.1 Å². The van der Waals surface area contributed by atoms with E-state index >= 15 is 0 Å². The summed E-state index contributed by atoms with van der Waals surface area (Å²) in [5.41, 5.74) is 5.01. The molecule has 0 radical (unpaired) electrons. The Balaban J connectivity index is 0.00000132. The summed E-state index contributed by atoms with van der Waals surface area (Å²) < 4.78 is 0. The molecule has 0 fully saturated rings. The van der Waals surface area contributed by atoms with Crippen molar-refractivity contribution >= 4 is 24.8 Å². The van der Waals surface area contributed by atoms with Crippen molar-refractivity contribution in [1.82, 2.24) is 10.3 Å². The van der Waals surface area contributed by atoms with Crippen LogP contribution in [0.4, 0.5) is 0 Å². The number of halogens is 2. The monoisotopic (exact) mass is 346 g/mol. The van der Waals surface area contributed by atoms with Gasteiger partial charge in [-0.2, -0.15) is 0 Å². The minimum Gasteiger partial charge on any atom is -0.309 e. The normalized spacial score (nSPS) is 9.57. The molecule has 0 saturated carbocycles. The summed E-state index contributed by atoms with van der Waals surface area (Å²) in [5, 5.41) is 3.44. The molecule has 1 N–H and O–H groups in total. The lowest BCUT2D eigenvalue weighted by Gasteiger charge is -2.06. The van der Waals surface area contributed by atoms with Gasteiger partial charge in [-0.1, -0.05) is 60.7 Å². The Labute approximate surface area is 149 Å². The van der Waals surface area contributed by atoms with Crippen molar-refractivity contribution in [3.63, 3.8) is 0 Å². The fourth-order valence-electron chi connectivity index (χ4n) is 2.30. The summed E-state index contributed by atoms with van der Waals surface area (Å²) in [6.07, 6.45) is 3.69. The molecule has 0 bridgehead atoms. The highest BCUT2D eigenvalue weighted by Gasteiger charge is 1.98. The van der Waals surface area contributed by atoms with Crippen molar-refractivity contribution < 1.29 is 0 Å². The first kappa shape index (κ1) is 19.2. The lowest BCUT2D eigenvalue weighted by Crippen LogP contribution is -2.12. The van der Waals surface area contributed by atoms with E-state index < -0.39 is 0 Å². The van der Waals surface area contributed by atoms with E-state index in [1.807, 2.05) is 18.3 Å². The van der Waals surface area contributed by atoms with Gasteiger partial charge in [0, 0.05) is 25.5 Å². The summed E-state index contributed by atoms with van der Waals surface area (Å²) >= 11 is 0. The molecule has 1 heterocycles. The largest absolute Gasteiger partial charge is 0.309 e. The number of hydrogen-bond donors (Lipinski definition) is 1. The van der Waals surface area contributed by atoms with E-state index in [9.17, 15) is 0 Å². The predicted octanol–water partition coefficient (Wildman–Crippen LogP) is 4.88. The Bertz CT molecular complexity index is 671. The van der Waals surface area contributed by atoms with Crippen LogP contribution < -0.4 is 5.32 Å². The minimum atomic E-state index is 0. The molecule has 0 unspecified atom stereocenters. The Hall–Kier alpha value is -1.87. The van der Waals surface area contributed by atoms with Gasteiger partial charge in [0.25, 0.3) is 0 Å². The third-order valence-corrected chi connectivity index (χ3v) is 3.44. The van der Waals surface area contributed by atoms with E-state index in [-0.39, 0.29) is 24.8 Å². The van der Waals surface area contributed by atoms with Gasteiger partial charge in [-0.15, -0.1) is 24.8 Å². The highest BCUT2D eigenvalue weighted by molar-refractivity contribution is 5.85. The van der Waals surface area contributed by atoms with E-state index in [4.69, 9.17) is 0 Å². The topological polar surface area (TPSA) is 24.9 Å². The van der Waals surface area contributed by atoms with Gasteiger partial charge in [-0.25, -0.2) is 0 Å². The molecule has 0 amide bonds. The lowest BCUT2D eigenvalue weighted by atomic mass is 10.0. The third kappa shape index (κ3) is 5.68. The van der Waals surface area contributed by atoms with Gasteiger partial charge in [0.15, 0.2) is 0 Å². The Morgan fingerprint density at radius 1 is 0.652 bits per heavy atom. The molecule has 2 aromatic carbocycles. The predicted molar refractivity (Wildman–Crippen MR) is 101 cm³/mol. The van der Waals surface area contributed by atoms with Crippen LogP contribution in [0.2, 0.25) is 0 Å². The molecule has 0 atom stereocenters. The van der Waals surface area contributed by atoms with Crippen molar-refractivity contribution in [2.45, 2.75) is 13.1 Å². The molecule has 23 heavy (non-hydrogen) atoms. The number of nitrogens with zero attached hydrogens (tertiary/aromatic N) is 1. The van der Waals surface area contributed by atoms with Crippen LogP contribution in [0.15, 0.2) is 79.1 Å². The number of aromatic nitrogens is 1. The van der Waals surface area contributed by atoms with Crippen molar-refractivity contribution in [2.75, 3.05) is 0 Å². The zero-order valence-corrected chi connectivity index (χ0v) is 14.3. The number of pyridine rings is 1. The fourth-order valence-corrected chi connectivity index (χ4v) is 2.30. The van der Waals surface area contributed by atoms with Gasteiger partial charge < -0.3 is 5.32 Å². The van der Waals surface area contributed by atoms with Crippen LogP contribution in [0.5, 0.6) is 0 Å². The van der Waals surface area contributed by atoms with Gasteiger partial charge in [0.1, 0.15) is 0 Å². The Morgan fingerprint density at radius 3 is 1.96 bits per heavy atom. The first-order valence-corrected chi connectivity index (χ1v) is 7.16. The Kier molecular flexibility index (Phi) is 8.35. The highest BCUT2D eigenvalue weighted by atomic mass is 35.5. The van der Waals surface area contributed by atoms with Crippen LogP contribution in [0.25, 0.3) is 11.1 Å². The van der Waals surface area contributed by atoms with Gasteiger partial charge >= 0.3 is 0 Å². The van der Waals surface area contributed by atoms with Crippen LogP contribution in [0.1, 0.15) is 11.1 Å². The lowest BCUT2D eigenvalue weighted by molar-refractivity contribution is 0.691. The maximum atomic E-state index is 4.12. The second-order valence-corrected chi connectivity index (χ2v) is 5.03. The van der Waals surface area contributed by atoms with Crippen molar-refractivity contribution in [1.29, 1.82) is 0 Å². The molecule has 3 aromatic rings. The summed E-state index contributed by atoms with van der Waals surface area (Å²) in [7, 11) is 0. The quantitative estimate of drug-likeness (QED) is 0.711. The molecule has 4 heteroatoms. The molecule has 120 valence electrons. The first-order valence-electron chi connectivity index (χ1n) is 7.16. The molecular formula is C19H20Cl2N2. The number of benzene rings is 2. The maximum absolute atomic E-state index is 4.12. The zero-order valence-electron chi connectivity index (χ0n) is 12.7. The van der Waals surface area contributed by atoms with Crippen molar-refractivity contribution in [2.24, 2.45) is 0 Å². The van der Waals surface area contributed by atoms with Crippen LogP contribution >= 0.6 is 24.8 Å². The molecule has 1 aromatic heterocycles. The highest BCUT2D eigenvalue weighted by Crippen LogP contribution is 2.19. The number of nitrogens with one attached hydrogen (secondary N) is 1. The van der Waals surface area contributed by atoms with E-state index in [0.29, 0.717) is 0 Å². The molecular weight excluding hydrogens is 327 g/mol. The summed E-state index contributed by atoms with van der Waals surface area (Å²) in [4.78, 5) is 4.12. The molecule has 2 nitrogen and oxygen atoms in total. The van der Waals surface area contributed by atoms with Crippen LogP contribution in [0.3, 0.4) is 0 Å². The second kappa shape index (κ2) is 10.0. The summed E-state index contributed by atoms with van der Waals surface area (Å²) in [6.45, 7) is 1.71. The molecule has 3 rings (SSSR count). The average molecular weight is 347 g/mol. The number of hydrogen-bond acceptors (Lipinski definition) is 2. The van der Waals surface area contributed by atoms with E-state index in [0.717, 1.165) is 13.1 Å². The fraction of sp³-hybridized carbons (Fsp3) is 0.105. The molecule has 0 spiro atoms. The Morgan fingerprint density at radius 2 is 1.30 bits per heavy atom. The minimum absolute atomic E-state index is 0. The summed E-state index contributed by atoms with van der Waals surface area (Å²) in [6, 6.07) is 23.2. The first-order chi connectivity index (χ1) is 10.4. The molecule has 0 aliphatic carbocycles. The van der Waals surface area contributed by atoms with Gasteiger partial charge in [-0.3, -0.25) is 4.98 Å².